The summed E-state index contributed by atoms with van der Waals surface area (Å²) < 4.78 is 5.73. The molecule has 1 rings (SSSR count). The first kappa shape index (κ1) is 16.4. The molecular formula is C14H28N2O3. The Hall–Kier alpha value is -0.650. The third-order valence-electron chi connectivity index (χ3n) is 3.25. The molecule has 0 aliphatic carbocycles. The molecule has 1 fully saturated rings. The second kappa shape index (κ2) is 7.22. The van der Waals surface area contributed by atoms with Crippen LogP contribution in [0.5, 0.6) is 0 Å². The summed E-state index contributed by atoms with van der Waals surface area (Å²) in [5.74, 6) is 0.0512. The molecule has 0 aromatic rings. The van der Waals surface area contributed by atoms with E-state index in [4.69, 9.17) is 4.74 Å². The fraction of sp³-hybridized carbons (Fsp3) is 0.929. The molecule has 1 saturated heterocycles. The Kier molecular flexibility index (Phi) is 6.23. The maximum absolute atomic E-state index is 11.9. The largest absolute Gasteiger partial charge is 0.394 e. The van der Waals surface area contributed by atoms with Gasteiger partial charge >= 0.3 is 0 Å². The quantitative estimate of drug-likeness (QED) is 0.749. The van der Waals surface area contributed by atoms with Crippen molar-refractivity contribution in [3.63, 3.8) is 0 Å². The summed E-state index contributed by atoms with van der Waals surface area (Å²) >= 11 is 0. The predicted octanol–water partition coefficient (Wildman–Crippen LogP) is 0.763. The zero-order valence-electron chi connectivity index (χ0n) is 12.6. The molecule has 0 bridgehead atoms. The minimum atomic E-state index is -0.318. The van der Waals surface area contributed by atoms with Gasteiger partial charge in [0.25, 0.3) is 0 Å². The molecule has 1 heterocycles. The van der Waals surface area contributed by atoms with Crippen molar-refractivity contribution in [3.05, 3.63) is 0 Å². The number of morpholine rings is 1. The van der Waals surface area contributed by atoms with E-state index in [0.29, 0.717) is 19.6 Å². The highest BCUT2D eigenvalue weighted by Gasteiger charge is 2.33. The minimum Gasteiger partial charge on any atom is -0.394 e. The number of carbonyl (C=O) groups is 1. The molecule has 0 spiro atoms. The number of nitrogens with zero attached hydrogens (tertiary/aromatic N) is 1. The summed E-state index contributed by atoms with van der Waals surface area (Å²) in [5, 5.41) is 12.2. The van der Waals surface area contributed by atoms with Gasteiger partial charge in [-0.05, 0) is 27.2 Å². The zero-order valence-corrected chi connectivity index (χ0v) is 12.6. The number of amides is 1. The molecule has 2 N–H and O–H groups in total. The lowest BCUT2D eigenvalue weighted by Gasteiger charge is -2.42. The van der Waals surface area contributed by atoms with Crippen LogP contribution in [0.4, 0.5) is 0 Å². The second-order valence-electron chi connectivity index (χ2n) is 6.11. The molecule has 0 radical (unpaired) electrons. The van der Waals surface area contributed by atoms with Crippen LogP contribution in [-0.4, -0.2) is 59.9 Å². The second-order valence-corrected chi connectivity index (χ2v) is 6.11. The average Bonchev–Trinajstić information content (AvgIpc) is 2.26. The number of rotatable bonds is 6. The summed E-state index contributed by atoms with van der Waals surface area (Å²) in [4.78, 5) is 14.0. The summed E-state index contributed by atoms with van der Waals surface area (Å²) in [7, 11) is 0. The highest BCUT2D eigenvalue weighted by molar-refractivity contribution is 5.78. The molecular weight excluding hydrogens is 244 g/mol. The van der Waals surface area contributed by atoms with E-state index < -0.39 is 0 Å². The maximum atomic E-state index is 11.9. The number of hydrogen-bond acceptors (Lipinski definition) is 4. The summed E-state index contributed by atoms with van der Waals surface area (Å²) in [5.41, 5.74) is -0.318. The number of ether oxygens (including phenoxy) is 1. The summed E-state index contributed by atoms with van der Waals surface area (Å²) in [6.07, 6.45) is 1.86. The highest BCUT2D eigenvalue weighted by atomic mass is 16.5. The van der Waals surface area contributed by atoms with Crippen molar-refractivity contribution < 1.29 is 14.6 Å². The van der Waals surface area contributed by atoms with Gasteiger partial charge in [0, 0.05) is 19.1 Å². The topological polar surface area (TPSA) is 61.8 Å². The third-order valence-corrected chi connectivity index (χ3v) is 3.25. The molecule has 1 amide bonds. The molecule has 5 heteroatoms. The van der Waals surface area contributed by atoms with E-state index in [-0.39, 0.29) is 30.3 Å². The van der Waals surface area contributed by atoms with Gasteiger partial charge in [0.2, 0.25) is 5.91 Å². The van der Waals surface area contributed by atoms with Gasteiger partial charge in [-0.2, -0.15) is 0 Å². The molecule has 112 valence electrons. The van der Waals surface area contributed by atoms with E-state index in [2.05, 4.69) is 17.1 Å². The average molecular weight is 272 g/mol. The van der Waals surface area contributed by atoms with E-state index in [1.165, 1.54) is 0 Å². The van der Waals surface area contributed by atoms with E-state index in [1.807, 2.05) is 20.8 Å². The number of aliphatic hydroxyl groups is 1. The van der Waals surface area contributed by atoms with Crippen molar-refractivity contribution in [3.8, 4) is 0 Å². The van der Waals surface area contributed by atoms with Gasteiger partial charge in [0.1, 0.15) is 0 Å². The molecule has 2 atom stereocenters. The summed E-state index contributed by atoms with van der Waals surface area (Å²) in [6, 6.07) is 0.222. The molecule has 0 aromatic carbocycles. The van der Waals surface area contributed by atoms with Gasteiger partial charge in [-0.25, -0.2) is 0 Å². The number of hydrogen-bond donors (Lipinski definition) is 2. The Labute approximate surface area is 116 Å². The smallest absolute Gasteiger partial charge is 0.234 e. The minimum absolute atomic E-state index is 0.00616. The van der Waals surface area contributed by atoms with Gasteiger partial charge in [-0.15, -0.1) is 0 Å². The predicted molar refractivity (Wildman–Crippen MR) is 75.0 cm³/mol. The van der Waals surface area contributed by atoms with E-state index in [0.717, 1.165) is 12.8 Å². The van der Waals surface area contributed by atoms with Crippen LogP contribution in [0.25, 0.3) is 0 Å². The van der Waals surface area contributed by atoms with Crippen molar-refractivity contribution in [1.29, 1.82) is 0 Å². The summed E-state index contributed by atoms with van der Waals surface area (Å²) in [6.45, 7) is 9.79. The zero-order chi connectivity index (χ0) is 14.5. The fourth-order valence-corrected chi connectivity index (χ4v) is 2.66. The number of aliphatic hydroxyl groups excluding tert-OH is 1. The lowest BCUT2D eigenvalue weighted by molar-refractivity contribution is -0.153. The molecule has 1 aliphatic rings. The van der Waals surface area contributed by atoms with Crippen molar-refractivity contribution in [2.45, 2.75) is 58.3 Å². The van der Waals surface area contributed by atoms with Crippen molar-refractivity contribution >= 4 is 5.91 Å². The highest BCUT2D eigenvalue weighted by Crippen LogP contribution is 2.20. The van der Waals surface area contributed by atoms with Crippen LogP contribution in [0.3, 0.4) is 0 Å². The monoisotopic (exact) mass is 272 g/mol. The van der Waals surface area contributed by atoms with Crippen LogP contribution in [0.15, 0.2) is 0 Å². The van der Waals surface area contributed by atoms with E-state index in [1.54, 1.807) is 0 Å². The maximum Gasteiger partial charge on any atom is 0.234 e. The molecule has 19 heavy (non-hydrogen) atoms. The van der Waals surface area contributed by atoms with Crippen LogP contribution < -0.4 is 5.32 Å². The first-order chi connectivity index (χ1) is 8.86. The van der Waals surface area contributed by atoms with Gasteiger partial charge in [-0.1, -0.05) is 13.3 Å². The van der Waals surface area contributed by atoms with Crippen molar-refractivity contribution in [2.75, 3.05) is 26.2 Å². The van der Waals surface area contributed by atoms with Crippen LogP contribution >= 0.6 is 0 Å². The van der Waals surface area contributed by atoms with Crippen LogP contribution in [-0.2, 0) is 9.53 Å². The Morgan fingerprint density at radius 2 is 2.26 bits per heavy atom. The molecule has 2 unspecified atom stereocenters. The van der Waals surface area contributed by atoms with Crippen LogP contribution in [0.2, 0.25) is 0 Å². The van der Waals surface area contributed by atoms with Crippen molar-refractivity contribution in [2.24, 2.45) is 0 Å². The first-order valence-corrected chi connectivity index (χ1v) is 7.16. The van der Waals surface area contributed by atoms with Crippen molar-refractivity contribution in [1.82, 2.24) is 10.2 Å². The van der Waals surface area contributed by atoms with Crippen LogP contribution in [0.1, 0.15) is 40.5 Å². The Morgan fingerprint density at radius 3 is 2.84 bits per heavy atom. The standard InChI is InChI=1S/C14H28N2O3/c1-5-6-11(2)15-13(18)8-16-7-12(9-17)19-14(3,4)10-16/h11-12,17H,5-10H2,1-4H3,(H,15,18). The SMILES string of the molecule is CCCC(C)NC(=O)CN1CC(CO)OC(C)(C)C1. The van der Waals surface area contributed by atoms with Gasteiger partial charge in [0.15, 0.2) is 0 Å². The van der Waals surface area contributed by atoms with Crippen LogP contribution in [0, 0.1) is 0 Å². The van der Waals surface area contributed by atoms with E-state index in [9.17, 15) is 9.90 Å². The Balaban J connectivity index is 2.44. The molecule has 1 aliphatic heterocycles. The molecule has 5 nitrogen and oxygen atoms in total. The first-order valence-electron chi connectivity index (χ1n) is 7.16. The normalized spacial score (nSPS) is 25.0. The Bertz CT molecular complexity index is 294. The fourth-order valence-electron chi connectivity index (χ4n) is 2.66. The van der Waals surface area contributed by atoms with E-state index >= 15 is 0 Å². The molecule has 0 saturated carbocycles. The van der Waals surface area contributed by atoms with Gasteiger partial charge in [0.05, 0.1) is 24.9 Å². The van der Waals surface area contributed by atoms with Gasteiger partial charge in [-0.3, -0.25) is 9.69 Å². The number of nitrogens with one attached hydrogen (secondary N) is 1. The third kappa shape index (κ3) is 5.89. The number of carbonyl (C=O) groups excluding carboxylic acids is 1. The lowest BCUT2D eigenvalue weighted by atomic mass is 10.1. The molecule has 0 aromatic heterocycles. The lowest BCUT2D eigenvalue weighted by Crippen LogP contribution is -2.56. The Morgan fingerprint density at radius 1 is 1.58 bits per heavy atom. The van der Waals surface area contributed by atoms with Gasteiger partial charge < -0.3 is 15.2 Å².